The number of amides is 2. The van der Waals surface area contributed by atoms with Crippen molar-refractivity contribution in [2.45, 2.75) is 65.8 Å². The maximum atomic E-state index is 13.0. The van der Waals surface area contributed by atoms with E-state index >= 15 is 0 Å². The molecule has 26 heavy (non-hydrogen) atoms. The Morgan fingerprint density at radius 3 is 2.54 bits per heavy atom. The van der Waals surface area contributed by atoms with Crippen LogP contribution in [0.3, 0.4) is 0 Å². The van der Waals surface area contributed by atoms with Crippen LogP contribution >= 0.6 is 0 Å². The second kappa shape index (κ2) is 6.86. The fraction of sp³-hybridized carbons (Fsp3) is 0.850. The second-order valence-electron chi connectivity index (χ2n) is 9.49. The fourth-order valence-electron chi connectivity index (χ4n) is 5.57. The van der Waals surface area contributed by atoms with Gasteiger partial charge in [0, 0.05) is 25.7 Å². The smallest absolute Gasteiger partial charge is 0.312 e. The van der Waals surface area contributed by atoms with Crippen molar-refractivity contribution in [3.63, 3.8) is 0 Å². The molecule has 6 nitrogen and oxygen atoms in total. The van der Waals surface area contributed by atoms with Crippen LogP contribution < -0.4 is 0 Å². The normalized spacial score (nSPS) is 33.1. The molecule has 0 aromatic heterocycles. The molecule has 0 radical (unpaired) electrons. The summed E-state index contributed by atoms with van der Waals surface area (Å²) >= 11 is 0. The maximum Gasteiger partial charge on any atom is 0.312 e. The van der Waals surface area contributed by atoms with Gasteiger partial charge in [0.15, 0.2) is 0 Å². The molecule has 2 amide bonds. The van der Waals surface area contributed by atoms with Crippen molar-refractivity contribution >= 4 is 17.8 Å². The molecule has 2 heterocycles. The van der Waals surface area contributed by atoms with Crippen LogP contribution in [0.2, 0.25) is 0 Å². The molecule has 3 aliphatic rings. The first-order chi connectivity index (χ1) is 12.1. The van der Waals surface area contributed by atoms with Gasteiger partial charge in [0.25, 0.3) is 0 Å². The number of piperidine rings is 1. The molecule has 3 unspecified atom stereocenters. The molecular formula is C20H32N2O4. The highest BCUT2D eigenvalue weighted by molar-refractivity contribution is 6.35. The third-order valence-corrected chi connectivity index (χ3v) is 6.19. The summed E-state index contributed by atoms with van der Waals surface area (Å²) in [4.78, 5) is 41.2. The number of hydrogen-bond acceptors (Lipinski definition) is 4. The summed E-state index contributed by atoms with van der Waals surface area (Å²) < 4.78 is 5.09. The minimum Gasteiger partial charge on any atom is -0.466 e. The fourth-order valence-corrected chi connectivity index (χ4v) is 5.57. The van der Waals surface area contributed by atoms with Gasteiger partial charge in [-0.1, -0.05) is 20.8 Å². The molecule has 1 saturated carbocycles. The van der Waals surface area contributed by atoms with Gasteiger partial charge < -0.3 is 14.5 Å². The molecule has 1 aliphatic carbocycles. The number of esters is 1. The molecule has 146 valence electrons. The van der Waals surface area contributed by atoms with E-state index in [4.69, 9.17) is 4.74 Å². The van der Waals surface area contributed by atoms with Gasteiger partial charge in [0.2, 0.25) is 0 Å². The second-order valence-corrected chi connectivity index (χ2v) is 9.49. The van der Waals surface area contributed by atoms with Crippen molar-refractivity contribution in [3.8, 4) is 0 Å². The van der Waals surface area contributed by atoms with Gasteiger partial charge in [-0.3, -0.25) is 14.4 Å². The lowest BCUT2D eigenvalue weighted by Crippen LogP contribution is -2.51. The van der Waals surface area contributed by atoms with E-state index in [1.807, 2.05) is 4.90 Å². The number of carbonyl (C=O) groups excluding carboxylic acids is 3. The third-order valence-electron chi connectivity index (χ3n) is 6.19. The van der Waals surface area contributed by atoms with Crippen molar-refractivity contribution in [2.75, 3.05) is 26.2 Å². The van der Waals surface area contributed by atoms with Crippen molar-refractivity contribution in [2.24, 2.45) is 16.7 Å². The third kappa shape index (κ3) is 3.74. The number of likely N-dealkylation sites (tertiary alicyclic amines) is 2. The zero-order valence-corrected chi connectivity index (χ0v) is 16.5. The highest BCUT2D eigenvalue weighted by atomic mass is 16.5. The minimum absolute atomic E-state index is 0.109. The summed E-state index contributed by atoms with van der Waals surface area (Å²) in [7, 11) is 0. The Morgan fingerprint density at radius 1 is 1.12 bits per heavy atom. The quantitative estimate of drug-likeness (QED) is 0.557. The van der Waals surface area contributed by atoms with Crippen LogP contribution in [0.25, 0.3) is 0 Å². The SMILES string of the molecule is CCOC(=O)C1CCCN(C(=O)C(=O)N2CC3(C)CC2CC(C)(C)C3)C1. The number of ether oxygens (including phenoxy) is 1. The first kappa shape index (κ1) is 19.2. The van der Waals surface area contributed by atoms with E-state index in [0.29, 0.717) is 26.2 Å². The number of rotatable bonds is 2. The van der Waals surface area contributed by atoms with Gasteiger partial charge in [0.1, 0.15) is 0 Å². The average molecular weight is 364 g/mol. The molecule has 6 heteroatoms. The Hall–Kier alpha value is -1.59. The minimum atomic E-state index is -0.451. The summed E-state index contributed by atoms with van der Waals surface area (Å²) in [5.74, 6) is -1.41. The molecule has 2 bridgehead atoms. The lowest BCUT2D eigenvalue weighted by atomic mass is 9.65. The number of fused-ring (bicyclic) bond motifs is 2. The summed E-state index contributed by atoms with van der Waals surface area (Å²) in [6.45, 7) is 10.4. The van der Waals surface area contributed by atoms with E-state index in [1.165, 1.54) is 0 Å². The molecule has 2 aliphatic heterocycles. The lowest BCUT2D eigenvalue weighted by Gasteiger charge is -2.39. The highest BCUT2D eigenvalue weighted by Crippen LogP contribution is 2.52. The summed E-state index contributed by atoms with van der Waals surface area (Å²) in [5.41, 5.74) is 0.313. The Labute approximate surface area is 156 Å². The van der Waals surface area contributed by atoms with Gasteiger partial charge in [-0.15, -0.1) is 0 Å². The Balaban J connectivity index is 1.66. The van der Waals surface area contributed by atoms with Crippen molar-refractivity contribution in [3.05, 3.63) is 0 Å². The van der Waals surface area contributed by atoms with E-state index in [0.717, 1.165) is 32.1 Å². The molecule has 0 aromatic rings. The van der Waals surface area contributed by atoms with E-state index in [9.17, 15) is 14.4 Å². The van der Waals surface area contributed by atoms with Crippen LogP contribution in [-0.2, 0) is 19.1 Å². The maximum absolute atomic E-state index is 13.0. The Kier molecular flexibility index (Phi) is 5.06. The van der Waals surface area contributed by atoms with E-state index in [1.54, 1.807) is 11.8 Å². The molecule has 3 atom stereocenters. The predicted octanol–water partition coefficient (Wildman–Crippen LogP) is 2.22. The number of nitrogens with zero attached hydrogens (tertiary/aromatic N) is 2. The van der Waals surface area contributed by atoms with Gasteiger partial charge in [-0.2, -0.15) is 0 Å². The largest absolute Gasteiger partial charge is 0.466 e. The van der Waals surface area contributed by atoms with Crippen molar-refractivity contribution < 1.29 is 19.1 Å². The van der Waals surface area contributed by atoms with E-state index < -0.39 is 5.91 Å². The molecule has 2 saturated heterocycles. The molecule has 0 aromatic carbocycles. The van der Waals surface area contributed by atoms with Gasteiger partial charge >= 0.3 is 17.8 Å². The van der Waals surface area contributed by atoms with Gasteiger partial charge in [0.05, 0.1) is 12.5 Å². The van der Waals surface area contributed by atoms with Crippen LogP contribution in [0.4, 0.5) is 0 Å². The van der Waals surface area contributed by atoms with E-state index in [2.05, 4.69) is 20.8 Å². The van der Waals surface area contributed by atoms with Crippen LogP contribution in [0.1, 0.15) is 59.8 Å². The molecule has 3 rings (SSSR count). The molecular weight excluding hydrogens is 332 g/mol. The van der Waals surface area contributed by atoms with Crippen molar-refractivity contribution in [1.29, 1.82) is 0 Å². The molecule has 0 N–H and O–H groups in total. The van der Waals surface area contributed by atoms with Crippen molar-refractivity contribution in [1.82, 2.24) is 9.80 Å². The van der Waals surface area contributed by atoms with Crippen LogP contribution in [0.15, 0.2) is 0 Å². The zero-order chi connectivity index (χ0) is 19.1. The predicted molar refractivity (Wildman–Crippen MR) is 97.2 cm³/mol. The van der Waals surface area contributed by atoms with Crippen LogP contribution in [-0.4, -0.2) is 59.9 Å². The van der Waals surface area contributed by atoms with Crippen LogP contribution in [0.5, 0.6) is 0 Å². The van der Waals surface area contributed by atoms with Gasteiger partial charge in [-0.05, 0) is 49.9 Å². The average Bonchev–Trinajstić information content (AvgIpc) is 2.82. The first-order valence-electron chi connectivity index (χ1n) is 9.91. The topological polar surface area (TPSA) is 66.9 Å². The molecule has 3 fully saturated rings. The zero-order valence-electron chi connectivity index (χ0n) is 16.5. The summed E-state index contributed by atoms with van der Waals surface area (Å²) in [5, 5.41) is 0. The number of carbonyl (C=O) groups is 3. The van der Waals surface area contributed by atoms with E-state index in [-0.39, 0.29) is 34.7 Å². The Bertz CT molecular complexity index is 603. The lowest BCUT2D eigenvalue weighted by molar-refractivity contribution is -0.157. The Morgan fingerprint density at radius 2 is 1.85 bits per heavy atom. The summed E-state index contributed by atoms with van der Waals surface area (Å²) in [6.07, 6.45) is 4.48. The molecule has 0 spiro atoms. The summed E-state index contributed by atoms with van der Waals surface area (Å²) in [6, 6.07) is 0.158. The highest BCUT2D eigenvalue weighted by Gasteiger charge is 2.52. The monoisotopic (exact) mass is 364 g/mol. The standard InChI is InChI=1S/C20H32N2O4/c1-5-26-18(25)14-7-6-8-21(11-14)16(23)17(24)22-13-20(4)10-15(22)9-19(2,3)12-20/h14-15H,5-13H2,1-4H3. The number of hydrogen-bond donors (Lipinski definition) is 0. The van der Waals surface area contributed by atoms with Crippen LogP contribution in [0, 0.1) is 16.7 Å². The van der Waals surface area contributed by atoms with Gasteiger partial charge in [-0.25, -0.2) is 0 Å². The first-order valence-corrected chi connectivity index (χ1v) is 9.91.